The number of carbonyl (C=O) groups is 2. The zero-order valence-electron chi connectivity index (χ0n) is 22.1. The van der Waals surface area contributed by atoms with Gasteiger partial charge in [-0.1, -0.05) is 75.8 Å². The van der Waals surface area contributed by atoms with Crippen LogP contribution in [0, 0.1) is 11.5 Å². The molecule has 0 aromatic heterocycles. The van der Waals surface area contributed by atoms with Crippen LogP contribution in [-0.2, 0) is 16.0 Å². The predicted octanol–water partition coefficient (Wildman–Crippen LogP) is 6.61. The number of unbranched alkanes of at least 4 members (excludes halogenated alkanes) is 6. The van der Waals surface area contributed by atoms with Gasteiger partial charge < -0.3 is 10.2 Å². The van der Waals surface area contributed by atoms with Crippen LogP contribution >= 0.6 is 11.8 Å². The molecular formula is C30H41N2NaO4S. The molecule has 0 heterocycles. The van der Waals surface area contributed by atoms with E-state index >= 15 is 0 Å². The molecule has 38 heavy (non-hydrogen) atoms. The van der Waals surface area contributed by atoms with Gasteiger partial charge in [-0.05, 0) is 55.0 Å². The summed E-state index contributed by atoms with van der Waals surface area (Å²) < 4.78 is 0. The van der Waals surface area contributed by atoms with Gasteiger partial charge in [0.1, 0.15) is 0 Å². The van der Waals surface area contributed by atoms with Crippen molar-refractivity contribution >= 4 is 58.9 Å². The summed E-state index contributed by atoms with van der Waals surface area (Å²) in [5.41, 5.74) is 2.71. The van der Waals surface area contributed by atoms with Gasteiger partial charge in [0.25, 0.3) is 0 Å². The molecule has 2 rings (SSSR count). The molecule has 2 atom stereocenters. The molecule has 0 aliphatic rings. The quantitative estimate of drug-likeness (QED) is 0.0758. The van der Waals surface area contributed by atoms with E-state index in [-0.39, 0.29) is 47.1 Å². The van der Waals surface area contributed by atoms with E-state index < -0.39 is 12.1 Å². The van der Waals surface area contributed by atoms with E-state index in [4.69, 9.17) is 5.11 Å². The summed E-state index contributed by atoms with van der Waals surface area (Å²) in [4.78, 5) is 24.6. The Morgan fingerprint density at radius 3 is 2.26 bits per heavy atom. The topological polar surface area (TPSA) is 102 Å². The molecule has 1 amide bonds. The molecule has 0 saturated carbocycles. The van der Waals surface area contributed by atoms with E-state index in [1.54, 1.807) is 18.2 Å². The number of carboxylic acids is 1. The number of rotatable bonds is 17. The third-order valence-electron chi connectivity index (χ3n) is 6.37. The summed E-state index contributed by atoms with van der Waals surface area (Å²) in [7, 11) is 0. The minimum absolute atomic E-state index is 0. The number of amides is 1. The fourth-order valence-corrected chi connectivity index (χ4v) is 5.52. The Morgan fingerprint density at radius 1 is 1.00 bits per heavy atom. The fraction of sp³-hybridized carbons (Fsp3) is 0.500. The normalized spacial score (nSPS) is 12.2. The summed E-state index contributed by atoms with van der Waals surface area (Å²) >= 11 is 1.45. The zero-order valence-corrected chi connectivity index (χ0v) is 22.9. The van der Waals surface area contributed by atoms with Gasteiger partial charge >= 0.3 is 35.5 Å². The van der Waals surface area contributed by atoms with Crippen LogP contribution < -0.4 is 4.90 Å². The first kappa shape index (κ1) is 34.2. The molecule has 0 radical (unpaired) electrons. The number of benzene rings is 2. The summed E-state index contributed by atoms with van der Waals surface area (Å²) in [5, 5.41) is 29.1. The molecule has 8 heteroatoms. The van der Waals surface area contributed by atoms with E-state index in [1.165, 1.54) is 69.2 Å². The van der Waals surface area contributed by atoms with Crippen molar-refractivity contribution in [3.63, 3.8) is 0 Å². The fourth-order valence-electron chi connectivity index (χ4n) is 4.30. The van der Waals surface area contributed by atoms with Crippen molar-refractivity contribution in [3.05, 3.63) is 59.7 Å². The third kappa shape index (κ3) is 12.4. The van der Waals surface area contributed by atoms with Gasteiger partial charge in [0.15, 0.2) is 6.19 Å². The van der Waals surface area contributed by atoms with Gasteiger partial charge in [-0.3, -0.25) is 9.59 Å². The maximum atomic E-state index is 11.8. The van der Waals surface area contributed by atoms with Crippen LogP contribution in [-0.4, -0.2) is 57.8 Å². The van der Waals surface area contributed by atoms with Gasteiger partial charge in [-0.25, -0.2) is 4.90 Å². The number of nitrogens with zero attached hydrogens (tertiary/aromatic N) is 2. The molecule has 0 bridgehead atoms. The molecule has 2 N–H and O–H groups in total. The van der Waals surface area contributed by atoms with Crippen LogP contribution in [0.1, 0.15) is 94.4 Å². The average molecular weight is 549 g/mol. The molecule has 2 aromatic carbocycles. The first-order chi connectivity index (χ1) is 17.8. The zero-order chi connectivity index (χ0) is 27.0. The second-order valence-electron chi connectivity index (χ2n) is 9.46. The van der Waals surface area contributed by atoms with Gasteiger partial charge in [-0.2, -0.15) is 5.26 Å². The Labute approximate surface area is 254 Å². The number of aliphatic hydroxyl groups is 1. The predicted molar refractivity (Wildman–Crippen MR) is 157 cm³/mol. The van der Waals surface area contributed by atoms with Crippen molar-refractivity contribution in [1.82, 2.24) is 0 Å². The molecule has 0 spiro atoms. The van der Waals surface area contributed by atoms with E-state index in [1.807, 2.05) is 12.3 Å². The van der Waals surface area contributed by atoms with Crippen molar-refractivity contribution in [2.75, 3.05) is 4.90 Å². The van der Waals surface area contributed by atoms with Crippen molar-refractivity contribution in [2.24, 2.45) is 0 Å². The number of hydrogen-bond acceptors (Lipinski definition) is 5. The molecule has 0 aliphatic carbocycles. The van der Waals surface area contributed by atoms with Crippen molar-refractivity contribution in [3.8, 4) is 6.19 Å². The van der Waals surface area contributed by atoms with Crippen LogP contribution in [0.4, 0.5) is 5.69 Å². The van der Waals surface area contributed by atoms with Crippen LogP contribution in [0.3, 0.4) is 0 Å². The van der Waals surface area contributed by atoms with Crippen LogP contribution in [0.25, 0.3) is 0 Å². The molecule has 202 valence electrons. The van der Waals surface area contributed by atoms with E-state index in [0.717, 1.165) is 21.8 Å². The second-order valence-corrected chi connectivity index (χ2v) is 10.7. The van der Waals surface area contributed by atoms with E-state index in [0.29, 0.717) is 18.5 Å². The summed E-state index contributed by atoms with van der Waals surface area (Å²) in [6.45, 7) is 3.57. The van der Waals surface area contributed by atoms with Crippen molar-refractivity contribution in [2.45, 2.75) is 101 Å². The number of anilines is 1. The monoisotopic (exact) mass is 548 g/mol. The van der Waals surface area contributed by atoms with Crippen LogP contribution in [0.5, 0.6) is 0 Å². The number of thioether (sulfide) groups is 1. The number of aryl methyl sites for hydroxylation is 1. The minimum atomic E-state index is -0.875. The number of hydrogen-bond donors (Lipinski definition) is 2. The van der Waals surface area contributed by atoms with Crippen LogP contribution in [0.15, 0.2) is 53.4 Å². The summed E-state index contributed by atoms with van der Waals surface area (Å²) in [6, 6.07) is 15.5. The van der Waals surface area contributed by atoms with Gasteiger partial charge in [0.2, 0.25) is 5.91 Å². The Bertz CT molecular complexity index is 1030. The summed E-state index contributed by atoms with van der Waals surface area (Å²) in [5.74, 6) is -1.24. The van der Waals surface area contributed by atoms with Crippen molar-refractivity contribution < 1.29 is 19.8 Å². The first-order valence-electron chi connectivity index (χ1n) is 13.3. The second kappa shape index (κ2) is 19.3. The third-order valence-corrected chi connectivity index (χ3v) is 7.74. The van der Waals surface area contributed by atoms with E-state index in [2.05, 4.69) is 31.2 Å². The Balaban J connectivity index is 0.00000722. The Morgan fingerprint density at radius 2 is 1.66 bits per heavy atom. The number of aliphatic carboxylic acids is 1. The number of aliphatic hydroxyl groups excluding tert-OH is 1. The van der Waals surface area contributed by atoms with Gasteiger partial charge in [0.05, 0.1) is 17.0 Å². The molecule has 2 unspecified atom stereocenters. The molecule has 6 nitrogen and oxygen atoms in total. The first-order valence-corrected chi connectivity index (χ1v) is 14.2. The molecule has 0 aliphatic heterocycles. The van der Waals surface area contributed by atoms with Gasteiger partial charge in [-0.15, -0.1) is 11.8 Å². The number of carboxylic acid groups (broad SMARTS) is 1. The number of nitriles is 1. The standard InChI is InChI=1S/C30H40N2O4S.Na.H/c1-3-4-5-6-7-8-9-12-24-17-19-25(20-18-24)30(28(34)15-11-16-29(35)36)37-27-14-10-13-26(21-27)32(22-31)23(2)33;;/h10,13-14,17-21,28,30,34H,3-9,11-12,15-16H2,1-2H3,(H,35,36);;. The Hall–Kier alpha value is -1.82. The SMILES string of the molecule is CCCCCCCCCc1ccc(C(Sc2cccc(N(C#N)C(C)=O)c2)C(O)CCCC(=O)O)cc1.[NaH]. The maximum absolute atomic E-state index is 11.8. The van der Waals surface area contributed by atoms with Crippen LogP contribution in [0.2, 0.25) is 0 Å². The molecule has 0 fully saturated rings. The molecule has 0 saturated heterocycles. The van der Waals surface area contributed by atoms with E-state index in [9.17, 15) is 20.0 Å². The average Bonchev–Trinajstić information content (AvgIpc) is 2.87. The Kier molecular flexibility index (Phi) is 17.3. The van der Waals surface area contributed by atoms with Crippen molar-refractivity contribution in [1.29, 1.82) is 5.26 Å². The van der Waals surface area contributed by atoms with Gasteiger partial charge in [0, 0.05) is 18.2 Å². The number of carbonyl (C=O) groups excluding carboxylic acids is 1. The molecule has 2 aromatic rings. The summed E-state index contributed by atoms with van der Waals surface area (Å²) in [6.07, 6.45) is 11.9. The molecular weight excluding hydrogens is 507 g/mol.